The molecule has 0 heterocycles. The van der Waals surface area contributed by atoms with Gasteiger partial charge in [0.15, 0.2) is 0 Å². The summed E-state index contributed by atoms with van der Waals surface area (Å²) in [5, 5.41) is 0. The summed E-state index contributed by atoms with van der Waals surface area (Å²) in [5.41, 5.74) is 0. The van der Waals surface area contributed by atoms with Gasteiger partial charge in [0.1, 0.15) is 8.24 Å². The lowest BCUT2D eigenvalue weighted by atomic mass is 9.89. The monoisotopic (exact) mass is 211 g/mol. The molecule has 1 N–H and O–H groups in total. The zero-order valence-corrected chi connectivity index (χ0v) is 11.0. The predicted octanol–water partition coefficient (Wildman–Crippen LogP) is 3.55. The van der Waals surface area contributed by atoms with E-state index in [1.54, 1.807) is 0 Å². The second-order valence-corrected chi connectivity index (χ2v) is 10.3. The summed E-state index contributed by atoms with van der Waals surface area (Å²) < 4.78 is 0. The Morgan fingerprint density at radius 2 is 1.79 bits per heavy atom. The first-order valence-electron chi connectivity index (χ1n) is 5.99. The van der Waals surface area contributed by atoms with Gasteiger partial charge in [-0.15, -0.1) is 0 Å². The van der Waals surface area contributed by atoms with E-state index in [-0.39, 0.29) is 0 Å². The molecule has 14 heavy (non-hydrogen) atoms. The van der Waals surface area contributed by atoms with E-state index in [1.165, 1.54) is 32.1 Å². The fraction of sp³-hybridized carbons (Fsp3) is 0.833. The van der Waals surface area contributed by atoms with Gasteiger partial charge >= 0.3 is 0 Å². The first-order chi connectivity index (χ1) is 6.58. The molecule has 0 aromatic heterocycles. The number of rotatable bonds is 4. The minimum Gasteiger partial charge on any atom is -0.334 e. The lowest BCUT2D eigenvalue weighted by Crippen LogP contribution is -2.41. The maximum Gasteiger partial charge on any atom is 0.116 e. The Morgan fingerprint density at radius 3 is 2.36 bits per heavy atom. The van der Waals surface area contributed by atoms with Crippen molar-refractivity contribution in [2.45, 2.75) is 51.7 Å². The van der Waals surface area contributed by atoms with Gasteiger partial charge in [-0.1, -0.05) is 51.1 Å². The van der Waals surface area contributed by atoms with E-state index >= 15 is 0 Å². The Kier molecular flexibility index (Phi) is 4.89. The Morgan fingerprint density at radius 1 is 1.14 bits per heavy atom. The molecule has 0 aromatic rings. The number of allylic oxidation sites excluding steroid dienone is 1. The van der Waals surface area contributed by atoms with Crippen LogP contribution in [0.4, 0.5) is 0 Å². The van der Waals surface area contributed by atoms with Crippen molar-refractivity contribution < 1.29 is 0 Å². The number of hydrogen-bond acceptors (Lipinski definition) is 1. The van der Waals surface area contributed by atoms with Gasteiger partial charge in [0, 0.05) is 6.54 Å². The minimum absolute atomic E-state index is 0.882. The molecule has 0 radical (unpaired) electrons. The molecule has 1 nitrogen and oxygen atoms in total. The SMILES string of the molecule is C[Si](C)(C)NCC=CC1CCCCC1. The molecule has 0 bridgehead atoms. The van der Waals surface area contributed by atoms with E-state index in [0.717, 1.165) is 12.5 Å². The van der Waals surface area contributed by atoms with Crippen molar-refractivity contribution in [3.8, 4) is 0 Å². The third-order valence-electron chi connectivity index (χ3n) is 2.81. The highest BCUT2D eigenvalue weighted by Crippen LogP contribution is 2.24. The third-order valence-corrected chi connectivity index (χ3v) is 4.07. The van der Waals surface area contributed by atoms with Crippen molar-refractivity contribution in [1.29, 1.82) is 0 Å². The molecule has 0 spiro atoms. The zero-order chi connectivity index (χ0) is 10.4. The smallest absolute Gasteiger partial charge is 0.116 e. The lowest BCUT2D eigenvalue weighted by molar-refractivity contribution is 0.419. The molecule has 82 valence electrons. The largest absolute Gasteiger partial charge is 0.334 e. The molecule has 0 amide bonds. The van der Waals surface area contributed by atoms with E-state index in [0.29, 0.717) is 0 Å². The fourth-order valence-corrected chi connectivity index (χ4v) is 2.68. The molecule has 0 aliphatic heterocycles. The van der Waals surface area contributed by atoms with Crippen LogP contribution < -0.4 is 4.98 Å². The highest BCUT2D eigenvalue weighted by atomic mass is 28.3. The molecule has 1 fully saturated rings. The van der Waals surface area contributed by atoms with Crippen LogP contribution in [0.1, 0.15) is 32.1 Å². The highest BCUT2D eigenvalue weighted by molar-refractivity contribution is 6.73. The maximum absolute atomic E-state index is 3.61. The van der Waals surface area contributed by atoms with Crippen molar-refractivity contribution in [3.63, 3.8) is 0 Å². The Hall–Kier alpha value is -0.0831. The van der Waals surface area contributed by atoms with Gasteiger partial charge in [-0.2, -0.15) is 0 Å². The van der Waals surface area contributed by atoms with Crippen molar-refractivity contribution >= 4 is 8.24 Å². The van der Waals surface area contributed by atoms with Crippen LogP contribution in [0.2, 0.25) is 19.6 Å². The van der Waals surface area contributed by atoms with Gasteiger partial charge in [0.25, 0.3) is 0 Å². The lowest BCUT2D eigenvalue weighted by Gasteiger charge is -2.19. The highest BCUT2D eigenvalue weighted by Gasteiger charge is 2.11. The van der Waals surface area contributed by atoms with Gasteiger partial charge in [-0.3, -0.25) is 0 Å². The standard InChI is InChI=1S/C12H25NSi/c1-14(2,3)13-11-7-10-12-8-5-4-6-9-12/h7,10,12-13H,4-6,8-9,11H2,1-3H3. The fourth-order valence-electron chi connectivity index (χ4n) is 1.95. The minimum atomic E-state index is -1.05. The summed E-state index contributed by atoms with van der Waals surface area (Å²) in [6, 6.07) is 0. The average molecular weight is 211 g/mol. The number of nitrogens with one attached hydrogen (secondary N) is 1. The number of hydrogen-bond donors (Lipinski definition) is 1. The van der Waals surface area contributed by atoms with Crippen molar-refractivity contribution in [1.82, 2.24) is 4.98 Å². The topological polar surface area (TPSA) is 12.0 Å². The Balaban J connectivity index is 2.13. The molecular weight excluding hydrogens is 186 g/mol. The van der Waals surface area contributed by atoms with E-state index in [2.05, 4.69) is 36.8 Å². The maximum atomic E-state index is 3.61. The summed E-state index contributed by atoms with van der Waals surface area (Å²) in [5.74, 6) is 0.882. The van der Waals surface area contributed by atoms with Gasteiger partial charge in [-0.25, -0.2) is 0 Å². The molecule has 0 aromatic carbocycles. The summed E-state index contributed by atoms with van der Waals surface area (Å²) in [6.45, 7) is 8.12. The molecule has 0 atom stereocenters. The van der Waals surface area contributed by atoms with Gasteiger partial charge < -0.3 is 4.98 Å². The molecule has 1 saturated carbocycles. The van der Waals surface area contributed by atoms with Crippen molar-refractivity contribution in [3.05, 3.63) is 12.2 Å². The van der Waals surface area contributed by atoms with Crippen LogP contribution in [0.15, 0.2) is 12.2 Å². The molecule has 1 aliphatic rings. The first kappa shape index (κ1) is 12.0. The summed E-state index contributed by atoms with van der Waals surface area (Å²) >= 11 is 0. The molecule has 2 heteroatoms. The summed E-state index contributed by atoms with van der Waals surface area (Å²) in [6.07, 6.45) is 12.0. The zero-order valence-electron chi connectivity index (χ0n) is 9.97. The van der Waals surface area contributed by atoms with E-state index in [4.69, 9.17) is 0 Å². The van der Waals surface area contributed by atoms with E-state index in [1.807, 2.05) is 0 Å². The van der Waals surface area contributed by atoms with Crippen molar-refractivity contribution in [2.24, 2.45) is 5.92 Å². The second kappa shape index (κ2) is 5.71. The van der Waals surface area contributed by atoms with E-state index < -0.39 is 8.24 Å². The summed E-state index contributed by atoms with van der Waals surface area (Å²) in [4.78, 5) is 3.61. The second-order valence-electron chi connectivity index (χ2n) is 5.46. The van der Waals surface area contributed by atoms with Crippen LogP contribution in [0.25, 0.3) is 0 Å². The quantitative estimate of drug-likeness (QED) is 0.554. The van der Waals surface area contributed by atoms with Gasteiger partial charge in [-0.05, 0) is 18.8 Å². The Bertz CT molecular complexity index is 175. The first-order valence-corrected chi connectivity index (χ1v) is 9.49. The average Bonchev–Trinajstić information content (AvgIpc) is 2.13. The molecule has 1 aliphatic carbocycles. The van der Waals surface area contributed by atoms with Crippen LogP contribution in [-0.4, -0.2) is 14.8 Å². The van der Waals surface area contributed by atoms with Crippen molar-refractivity contribution in [2.75, 3.05) is 6.54 Å². The molecule has 0 unspecified atom stereocenters. The van der Waals surface area contributed by atoms with Crippen LogP contribution >= 0.6 is 0 Å². The molecule has 0 saturated heterocycles. The third kappa shape index (κ3) is 5.61. The van der Waals surface area contributed by atoms with Gasteiger partial charge in [0.2, 0.25) is 0 Å². The van der Waals surface area contributed by atoms with Crippen LogP contribution in [0.5, 0.6) is 0 Å². The van der Waals surface area contributed by atoms with Crippen LogP contribution in [0, 0.1) is 5.92 Å². The molecular formula is C12H25NSi. The van der Waals surface area contributed by atoms with Crippen LogP contribution in [0.3, 0.4) is 0 Å². The Labute approximate surface area is 90.1 Å². The van der Waals surface area contributed by atoms with Gasteiger partial charge in [0.05, 0.1) is 0 Å². The summed E-state index contributed by atoms with van der Waals surface area (Å²) in [7, 11) is -1.05. The van der Waals surface area contributed by atoms with Crippen LogP contribution in [-0.2, 0) is 0 Å². The normalized spacial score (nSPS) is 20.5. The predicted molar refractivity (Wildman–Crippen MR) is 67.1 cm³/mol. The van der Waals surface area contributed by atoms with E-state index in [9.17, 15) is 0 Å². The molecule has 1 rings (SSSR count).